The molecule has 0 unspecified atom stereocenters. The SMILES string of the molecule is C=C(/C=C\c1oc(C)cc1C)CC.CC. The van der Waals surface area contributed by atoms with E-state index in [-0.39, 0.29) is 0 Å². The Hall–Kier alpha value is -1.24. The Morgan fingerprint density at radius 1 is 1.40 bits per heavy atom. The lowest BCUT2D eigenvalue weighted by Crippen LogP contribution is -1.72. The van der Waals surface area contributed by atoms with E-state index in [1.165, 1.54) is 5.56 Å². The van der Waals surface area contributed by atoms with Crippen LogP contribution in [-0.2, 0) is 0 Å². The molecule has 0 bridgehead atoms. The van der Waals surface area contributed by atoms with Crippen molar-refractivity contribution in [3.63, 3.8) is 0 Å². The topological polar surface area (TPSA) is 13.1 Å². The van der Waals surface area contributed by atoms with Gasteiger partial charge in [0.2, 0.25) is 0 Å². The highest BCUT2D eigenvalue weighted by Gasteiger charge is 1.99. The van der Waals surface area contributed by atoms with Gasteiger partial charge in [0.1, 0.15) is 11.5 Å². The molecule has 0 radical (unpaired) electrons. The van der Waals surface area contributed by atoms with Crippen molar-refractivity contribution in [1.82, 2.24) is 0 Å². The maximum Gasteiger partial charge on any atom is 0.129 e. The summed E-state index contributed by atoms with van der Waals surface area (Å²) in [5, 5.41) is 0. The third-order valence-corrected chi connectivity index (χ3v) is 2.00. The van der Waals surface area contributed by atoms with Gasteiger partial charge >= 0.3 is 0 Å². The first kappa shape index (κ1) is 13.8. The molecule has 84 valence electrons. The van der Waals surface area contributed by atoms with Crippen LogP contribution in [0.3, 0.4) is 0 Å². The molecule has 0 aliphatic heterocycles. The molecular weight excluding hydrogens is 184 g/mol. The van der Waals surface area contributed by atoms with Crippen LogP contribution in [0.5, 0.6) is 0 Å². The Labute approximate surface area is 93.5 Å². The molecule has 0 spiro atoms. The first-order valence-corrected chi connectivity index (χ1v) is 5.56. The van der Waals surface area contributed by atoms with Crippen molar-refractivity contribution in [3.8, 4) is 0 Å². The molecule has 15 heavy (non-hydrogen) atoms. The molecule has 0 saturated carbocycles. The Morgan fingerprint density at radius 3 is 2.40 bits per heavy atom. The molecule has 1 heterocycles. The van der Waals surface area contributed by atoms with E-state index in [0.29, 0.717) is 0 Å². The average molecular weight is 206 g/mol. The molecule has 0 atom stereocenters. The van der Waals surface area contributed by atoms with Gasteiger partial charge in [0.05, 0.1) is 0 Å². The van der Waals surface area contributed by atoms with Crippen molar-refractivity contribution in [2.45, 2.75) is 41.0 Å². The van der Waals surface area contributed by atoms with Crippen LogP contribution in [0.4, 0.5) is 0 Å². The standard InChI is InChI=1S/C12H16O.C2H6/c1-5-9(2)6-7-12-10(3)8-11(4)13-12;1-2/h6-8H,2,5H2,1,3-4H3;1-2H3/b7-6-;. The molecule has 1 aromatic rings. The van der Waals surface area contributed by atoms with Crippen LogP contribution in [0.1, 0.15) is 44.3 Å². The van der Waals surface area contributed by atoms with E-state index in [9.17, 15) is 0 Å². The van der Waals surface area contributed by atoms with E-state index in [0.717, 1.165) is 23.5 Å². The quantitative estimate of drug-likeness (QED) is 0.641. The monoisotopic (exact) mass is 206 g/mol. The van der Waals surface area contributed by atoms with Crippen molar-refractivity contribution in [3.05, 3.63) is 41.4 Å². The van der Waals surface area contributed by atoms with Gasteiger partial charge in [0, 0.05) is 0 Å². The maximum absolute atomic E-state index is 5.48. The smallest absolute Gasteiger partial charge is 0.129 e. The first-order chi connectivity index (χ1) is 7.13. The first-order valence-electron chi connectivity index (χ1n) is 5.56. The number of aryl methyl sites for hydroxylation is 2. The van der Waals surface area contributed by atoms with Gasteiger partial charge in [0.25, 0.3) is 0 Å². The Bertz CT molecular complexity index is 329. The van der Waals surface area contributed by atoms with Gasteiger partial charge in [-0.05, 0) is 38.0 Å². The van der Waals surface area contributed by atoms with E-state index in [1.54, 1.807) is 0 Å². The fourth-order valence-electron chi connectivity index (χ4n) is 1.14. The molecule has 0 amide bonds. The van der Waals surface area contributed by atoms with Gasteiger partial charge in [-0.15, -0.1) is 0 Å². The van der Waals surface area contributed by atoms with Crippen LogP contribution in [-0.4, -0.2) is 0 Å². The van der Waals surface area contributed by atoms with Crippen LogP contribution in [0.2, 0.25) is 0 Å². The zero-order chi connectivity index (χ0) is 11.8. The summed E-state index contributed by atoms with van der Waals surface area (Å²) in [6, 6.07) is 2.04. The lowest BCUT2D eigenvalue weighted by Gasteiger charge is -1.91. The molecule has 1 heteroatoms. The number of furan rings is 1. The van der Waals surface area contributed by atoms with Crippen LogP contribution in [0.15, 0.2) is 28.7 Å². The predicted octanol–water partition coefficient (Wildman–Crippen LogP) is 4.90. The molecule has 0 N–H and O–H groups in total. The minimum absolute atomic E-state index is 0.937. The fourth-order valence-corrected chi connectivity index (χ4v) is 1.14. The van der Waals surface area contributed by atoms with Crippen LogP contribution in [0.25, 0.3) is 6.08 Å². The number of hydrogen-bond acceptors (Lipinski definition) is 1. The summed E-state index contributed by atoms with van der Waals surface area (Å²) in [5.41, 5.74) is 2.30. The lowest BCUT2D eigenvalue weighted by molar-refractivity contribution is 0.523. The molecule has 0 aliphatic carbocycles. The second-order valence-corrected chi connectivity index (χ2v) is 3.25. The summed E-state index contributed by atoms with van der Waals surface area (Å²) >= 11 is 0. The van der Waals surface area contributed by atoms with Gasteiger partial charge in [0.15, 0.2) is 0 Å². The molecule has 0 aromatic carbocycles. The van der Waals surface area contributed by atoms with Gasteiger partial charge in [-0.3, -0.25) is 0 Å². The third-order valence-electron chi connectivity index (χ3n) is 2.00. The molecule has 1 nitrogen and oxygen atoms in total. The zero-order valence-corrected chi connectivity index (χ0v) is 10.6. The van der Waals surface area contributed by atoms with Crippen LogP contribution in [0, 0.1) is 13.8 Å². The maximum atomic E-state index is 5.48. The highest BCUT2D eigenvalue weighted by Crippen LogP contribution is 2.16. The second kappa shape index (κ2) is 7.10. The van der Waals surface area contributed by atoms with Crippen molar-refractivity contribution in [1.29, 1.82) is 0 Å². The summed E-state index contributed by atoms with van der Waals surface area (Å²) in [4.78, 5) is 0. The van der Waals surface area contributed by atoms with E-state index >= 15 is 0 Å². The van der Waals surface area contributed by atoms with Crippen molar-refractivity contribution in [2.75, 3.05) is 0 Å². The van der Waals surface area contributed by atoms with E-state index < -0.39 is 0 Å². The van der Waals surface area contributed by atoms with Crippen LogP contribution < -0.4 is 0 Å². The van der Waals surface area contributed by atoms with Crippen molar-refractivity contribution in [2.24, 2.45) is 0 Å². The second-order valence-electron chi connectivity index (χ2n) is 3.25. The predicted molar refractivity (Wildman–Crippen MR) is 68.0 cm³/mol. The fraction of sp³-hybridized carbons (Fsp3) is 0.429. The summed E-state index contributed by atoms with van der Waals surface area (Å²) < 4.78 is 5.48. The average Bonchev–Trinajstić information content (AvgIpc) is 2.57. The minimum atomic E-state index is 0.937. The van der Waals surface area contributed by atoms with Crippen molar-refractivity contribution >= 4 is 6.08 Å². The number of rotatable bonds is 3. The summed E-state index contributed by atoms with van der Waals surface area (Å²) in [6.07, 6.45) is 4.97. The minimum Gasteiger partial charge on any atom is -0.462 e. The molecular formula is C14H22O. The summed E-state index contributed by atoms with van der Waals surface area (Å²) in [7, 11) is 0. The van der Waals surface area contributed by atoms with Gasteiger partial charge in [-0.1, -0.05) is 39.0 Å². The normalized spacial score (nSPS) is 9.93. The Morgan fingerprint density at radius 2 is 2.00 bits per heavy atom. The van der Waals surface area contributed by atoms with Crippen molar-refractivity contribution < 1.29 is 4.42 Å². The summed E-state index contributed by atoms with van der Waals surface area (Å²) in [6.45, 7) is 14.0. The van der Waals surface area contributed by atoms with Gasteiger partial charge in [-0.2, -0.15) is 0 Å². The van der Waals surface area contributed by atoms with E-state index in [2.05, 4.69) is 13.5 Å². The number of hydrogen-bond donors (Lipinski definition) is 0. The van der Waals surface area contributed by atoms with Crippen LogP contribution >= 0.6 is 0 Å². The highest BCUT2D eigenvalue weighted by molar-refractivity contribution is 5.51. The molecule has 0 aliphatic rings. The molecule has 1 aromatic heterocycles. The Kier molecular flexibility index (Phi) is 6.52. The van der Waals surface area contributed by atoms with E-state index in [4.69, 9.17) is 4.42 Å². The lowest BCUT2D eigenvalue weighted by atomic mass is 10.2. The Balaban J connectivity index is 0.000000921. The summed E-state index contributed by atoms with van der Waals surface area (Å²) in [5.74, 6) is 1.89. The molecule has 1 rings (SSSR count). The largest absolute Gasteiger partial charge is 0.462 e. The third kappa shape index (κ3) is 4.68. The molecule has 0 saturated heterocycles. The molecule has 0 fully saturated rings. The number of allylic oxidation sites excluding steroid dienone is 2. The highest BCUT2D eigenvalue weighted by atomic mass is 16.3. The van der Waals surface area contributed by atoms with Gasteiger partial charge < -0.3 is 4.42 Å². The van der Waals surface area contributed by atoms with E-state index in [1.807, 2.05) is 45.9 Å². The van der Waals surface area contributed by atoms with Gasteiger partial charge in [-0.25, -0.2) is 0 Å². The zero-order valence-electron chi connectivity index (χ0n) is 10.6.